The van der Waals surface area contributed by atoms with Gasteiger partial charge in [-0.25, -0.2) is 9.97 Å². The Kier molecular flexibility index (Phi) is 8.69. The molecule has 0 radical (unpaired) electrons. The monoisotopic (exact) mass is 514 g/mol. The van der Waals surface area contributed by atoms with Crippen LogP contribution in [0, 0.1) is 12.8 Å². The number of carbonyl (C=O) groups is 1. The zero-order chi connectivity index (χ0) is 24.8. The number of oxazole rings is 1. The number of nitrogens with zero attached hydrogens (tertiary/aromatic N) is 3. The van der Waals surface area contributed by atoms with Gasteiger partial charge in [-0.1, -0.05) is 11.3 Å². The number of hydrogen-bond acceptors (Lipinski definition) is 7. The molecule has 0 unspecified atom stereocenters. The van der Waals surface area contributed by atoms with Gasteiger partial charge in [-0.15, -0.1) is 0 Å². The number of aromatic nitrogens is 2. The first-order valence-corrected chi connectivity index (χ1v) is 13.2. The number of rotatable bonds is 9. The SMILES string of the molecule is Cc1ncc(CC(=O)N[C@H]2CC[C@H](CCN3CCc4nc(OCCC(F)(F)F)sc4CC3)CC2)o1. The molecule has 2 aliphatic rings. The number of alkyl halides is 3. The highest BCUT2D eigenvalue weighted by molar-refractivity contribution is 7.13. The Bertz CT molecular complexity index is 944. The molecule has 35 heavy (non-hydrogen) atoms. The fourth-order valence-corrected chi connectivity index (χ4v) is 5.78. The van der Waals surface area contributed by atoms with Crippen molar-refractivity contribution in [2.45, 2.75) is 76.9 Å². The van der Waals surface area contributed by atoms with Crippen LogP contribution < -0.4 is 10.1 Å². The Morgan fingerprint density at radius 1 is 1.26 bits per heavy atom. The van der Waals surface area contributed by atoms with Gasteiger partial charge in [-0.3, -0.25) is 4.79 Å². The van der Waals surface area contributed by atoms with E-state index in [0.29, 0.717) is 22.8 Å². The van der Waals surface area contributed by atoms with Crippen LogP contribution in [-0.2, 0) is 24.1 Å². The summed E-state index contributed by atoms with van der Waals surface area (Å²) in [6.45, 7) is 4.27. The van der Waals surface area contributed by atoms with Gasteiger partial charge in [-0.05, 0) is 51.0 Å². The minimum absolute atomic E-state index is 0.0100. The molecule has 2 aromatic rings. The number of halogens is 3. The quantitative estimate of drug-likeness (QED) is 0.532. The maximum atomic E-state index is 12.3. The van der Waals surface area contributed by atoms with Crippen molar-refractivity contribution >= 4 is 17.2 Å². The number of fused-ring (bicyclic) bond motifs is 1. The maximum absolute atomic E-state index is 12.3. The second-order valence-corrected chi connectivity index (χ2v) is 10.5. The van der Waals surface area contributed by atoms with Crippen LogP contribution in [0.25, 0.3) is 0 Å². The summed E-state index contributed by atoms with van der Waals surface area (Å²) in [5.41, 5.74) is 0.969. The number of carbonyl (C=O) groups excluding carboxylic acids is 1. The topological polar surface area (TPSA) is 80.5 Å². The number of aryl methyl sites for hydroxylation is 1. The Hall–Kier alpha value is -2.14. The lowest BCUT2D eigenvalue weighted by atomic mass is 9.84. The molecular formula is C24H33F3N4O3S. The summed E-state index contributed by atoms with van der Waals surface area (Å²) in [7, 11) is 0. The largest absolute Gasteiger partial charge is 0.470 e. The second kappa shape index (κ2) is 11.7. The summed E-state index contributed by atoms with van der Waals surface area (Å²) in [6.07, 6.45) is 3.73. The lowest BCUT2D eigenvalue weighted by Crippen LogP contribution is -2.39. The molecular weight excluding hydrogens is 481 g/mol. The highest BCUT2D eigenvalue weighted by Crippen LogP contribution is 2.30. The van der Waals surface area contributed by atoms with Crippen LogP contribution in [0.1, 0.15) is 60.7 Å². The zero-order valence-corrected chi connectivity index (χ0v) is 20.8. The molecule has 2 aromatic heterocycles. The number of nitrogens with one attached hydrogen (secondary N) is 1. The Balaban J connectivity index is 1.12. The summed E-state index contributed by atoms with van der Waals surface area (Å²) in [4.78, 5) is 24.3. The van der Waals surface area contributed by atoms with Crippen molar-refractivity contribution < 1.29 is 27.1 Å². The minimum atomic E-state index is -4.21. The molecule has 1 N–H and O–H groups in total. The van der Waals surface area contributed by atoms with Gasteiger partial charge in [0, 0.05) is 37.4 Å². The van der Waals surface area contributed by atoms with E-state index in [1.165, 1.54) is 11.3 Å². The van der Waals surface area contributed by atoms with Gasteiger partial charge in [0.25, 0.3) is 5.19 Å². The van der Waals surface area contributed by atoms with E-state index in [-0.39, 0.29) is 25.0 Å². The summed E-state index contributed by atoms with van der Waals surface area (Å²) in [5, 5.41) is 3.49. The molecule has 0 saturated heterocycles. The van der Waals surface area contributed by atoms with Crippen LogP contribution in [0.4, 0.5) is 13.2 Å². The fourth-order valence-electron chi connectivity index (χ4n) is 4.81. The second-order valence-electron chi connectivity index (χ2n) is 9.50. The maximum Gasteiger partial charge on any atom is 0.392 e. The van der Waals surface area contributed by atoms with Gasteiger partial charge in [0.05, 0.1) is 31.3 Å². The molecule has 1 saturated carbocycles. The van der Waals surface area contributed by atoms with Crippen LogP contribution in [-0.4, -0.2) is 59.2 Å². The smallest absolute Gasteiger partial charge is 0.392 e. The van der Waals surface area contributed by atoms with Crippen LogP contribution in [0.2, 0.25) is 0 Å². The lowest BCUT2D eigenvalue weighted by molar-refractivity contribution is -0.139. The number of hydrogen-bond donors (Lipinski definition) is 1. The van der Waals surface area contributed by atoms with Crippen molar-refractivity contribution in [3.05, 3.63) is 28.4 Å². The number of thiazole rings is 1. The van der Waals surface area contributed by atoms with Crippen molar-refractivity contribution in [2.24, 2.45) is 5.92 Å². The van der Waals surface area contributed by atoms with E-state index in [4.69, 9.17) is 9.15 Å². The molecule has 0 bridgehead atoms. The molecule has 1 aliphatic heterocycles. The van der Waals surface area contributed by atoms with E-state index >= 15 is 0 Å². The van der Waals surface area contributed by atoms with Gasteiger partial charge in [0.1, 0.15) is 5.76 Å². The zero-order valence-electron chi connectivity index (χ0n) is 20.0. The van der Waals surface area contributed by atoms with Crippen molar-refractivity contribution in [3.63, 3.8) is 0 Å². The Labute approximate surface area is 207 Å². The highest BCUT2D eigenvalue weighted by Gasteiger charge is 2.28. The van der Waals surface area contributed by atoms with Crippen molar-refractivity contribution in [1.82, 2.24) is 20.2 Å². The normalized spacial score (nSPS) is 21.4. The van der Waals surface area contributed by atoms with Crippen LogP contribution >= 0.6 is 11.3 Å². The van der Waals surface area contributed by atoms with E-state index in [9.17, 15) is 18.0 Å². The van der Waals surface area contributed by atoms with E-state index in [1.54, 1.807) is 13.1 Å². The molecule has 1 fully saturated rings. The third-order valence-electron chi connectivity index (χ3n) is 6.76. The van der Waals surface area contributed by atoms with Crippen LogP contribution in [0.3, 0.4) is 0 Å². The average Bonchev–Trinajstić information content (AvgIpc) is 3.33. The van der Waals surface area contributed by atoms with Crippen LogP contribution in [0.5, 0.6) is 5.19 Å². The summed E-state index contributed by atoms with van der Waals surface area (Å²) in [5.74, 6) is 1.83. The molecule has 7 nitrogen and oxygen atoms in total. The van der Waals surface area contributed by atoms with Gasteiger partial charge in [0.15, 0.2) is 5.89 Å². The third kappa shape index (κ3) is 8.20. The fraction of sp³-hybridized carbons (Fsp3) is 0.708. The number of amides is 1. The first-order chi connectivity index (χ1) is 16.7. The van der Waals surface area contributed by atoms with E-state index in [2.05, 4.69) is 20.2 Å². The summed E-state index contributed by atoms with van der Waals surface area (Å²) in [6, 6.07) is 0.232. The molecule has 11 heteroatoms. The van der Waals surface area contributed by atoms with Crippen LogP contribution in [0.15, 0.2) is 10.6 Å². The van der Waals surface area contributed by atoms with Gasteiger partial charge >= 0.3 is 6.18 Å². The Morgan fingerprint density at radius 3 is 2.74 bits per heavy atom. The van der Waals surface area contributed by atoms with E-state index in [0.717, 1.165) is 75.2 Å². The molecule has 0 atom stereocenters. The molecule has 4 rings (SSSR count). The van der Waals surface area contributed by atoms with Gasteiger partial charge in [-0.2, -0.15) is 13.2 Å². The first-order valence-electron chi connectivity index (χ1n) is 12.3. The lowest BCUT2D eigenvalue weighted by Gasteiger charge is -2.30. The highest BCUT2D eigenvalue weighted by atomic mass is 32.1. The standard InChI is InChI=1S/C24H33F3N4O3S/c1-16-28-15-19(34-16)14-22(32)29-18-4-2-17(3-5-18)6-10-31-11-7-20-21(8-12-31)35-23(30-20)33-13-9-24(25,26)27/h15,17-18H,2-14H2,1H3,(H,29,32)/t17-,18-. The van der Waals surface area contributed by atoms with Gasteiger partial charge in [0.2, 0.25) is 5.91 Å². The molecule has 3 heterocycles. The number of ether oxygens (including phenoxy) is 1. The predicted octanol–water partition coefficient (Wildman–Crippen LogP) is 4.48. The van der Waals surface area contributed by atoms with Crippen molar-refractivity contribution in [2.75, 3.05) is 26.2 Å². The first kappa shape index (κ1) is 25.9. The van der Waals surface area contributed by atoms with E-state index in [1.807, 2.05) is 0 Å². The molecule has 0 spiro atoms. The van der Waals surface area contributed by atoms with Crippen molar-refractivity contribution in [3.8, 4) is 5.19 Å². The summed E-state index contributed by atoms with van der Waals surface area (Å²) >= 11 is 1.38. The third-order valence-corrected chi connectivity index (χ3v) is 7.83. The Morgan fingerprint density at radius 2 is 2.03 bits per heavy atom. The minimum Gasteiger partial charge on any atom is -0.470 e. The van der Waals surface area contributed by atoms with Crippen molar-refractivity contribution in [1.29, 1.82) is 0 Å². The molecule has 1 aliphatic carbocycles. The average molecular weight is 515 g/mol. The predicted molar refractivity (Wildman–Crippen MR) is 126 cm³/mol. The molecule has 194 valence electrons. The van der Waals surface area contributed by atoms with E-state index < -0.39 is 12.6 Å². The molecule has 0 aromatic carbocycles. The summed E-state index contributed by atoms with van der Waals surface area (Å²) < 4.78 is 47.5. The molecule has 1 amide bonds. The van der Waals surface area contributed by atoms with Gasteiger partial charge < -0.3 is 19.4 Å².